The van der Waals surface area contributed by atoms with Crippen molar-refractivity contribution in [2.45, 2.75) is 45.7 Å². The van der Waals surface area contributed by atoms with Crippen LogP contribution in [-0.2, 0) is 21.5 Å². The number of aryl methyl sites for hydroxylation is 1. The molecule has 36 heavy (non-hydrogen) atoms. The normalized spacial score (nSPS) is 17.5. The molecule has 1 atom stereocenters. The van der Waals surface area contributed by atoms with E-state index in [0.717, 1.165) is 11.1 Å². The number of halogens is 1. The molecule has 0 aromatic heterocycles. The third kappa shape index (κ3) is 4.76. The number of amides is 1. The summed E-state index contributed by atoms with van der Waals surface area (Å²) < 4.78 is 18.9. The lowest BCUT2D eigenvalue weighted by molar-refractivity contribution is -0.140. The van der Waals surface area contributed by atoms with E-state index in [1.807, 2.05) is 37.3 Å². The maximum atomic E-state index is 13.5. The van der Waals surface area contributed by atoms with Gasteiger partial charge >= 0.3 is 0 Å². The van der Waals surface area contributed by atoms with Crippen molar-refractivity contribution >= 4 is 17.4 Å². The molecule has 5 nitrogen and oxygen atoms in total. The van der Waals surface area contributed by atoms with Gasteiger partial charge in [0.1, 0.15) is 17.3 Å². The van der Waals surface area contributed by atoms with Gasteiger partial charge in [-0.15, -0.1) is 0 Å². The van der Waals surface area contributed by atoms with E-state index in [2.05, 4.69) is 20.8 Å². The highest BCUT2D eigenvalue weighted by Crippen LogP contribution is 2.42. The Morgan fingerprint density at radius 3 is 2.22 bits per heavy atom. The fourth-order valence-electron chi connectivity index (χ4n) is 4.49. The lowest BCUT2D eigenvalue weighted by atomic mass is 9.85. The minimum absolute atomic E-state index is 0.00507. The summed E-state index contributed by atoms with van der Waals surface area (Å²) in [5, 5.41) is 11.4. The van der Waals surface area contributed by atoms with E-state index in [1.165, 1.54) is 24.1 Å². The molecule has 1 aliphatic rings. The number of nitrogens with zero attached hydrogens (tertiary/aromatic N) is 1. The molecule has 1 unspecified atom stereocenters. The van der Waals surface area contributed by atoms with Gasteiger partial charge in [-0.3, -0.25) is 9.59 Å². The maximum Gasteiger partial charge on any atom is 0.295 e. The van der Waals surface area contributed by atoms with Crippen LogP contribution in [0.2, 0.25) is 0 Å². The van der Waals surface area contributed by atoms with E-state index in [4.69, 9.17) is 4.74 Å². The second kappa shape index (κ2) is 9.61. The first-order valence-electron chi connectivity index (χ1n) is 11.8. The van der Waals surface area contributed by atoms with Crippen LogP contribution in [0.15, 0.2) is 72.3 Å². The van der Waals surface area contributed by atoms with Crippen molar-refractivity contribution in [3.05, 3.63) is 106 Å². The zero-order chi connectivity index (χ0) is 26.2. The number of rotatable bonds is 5. The largest absolute Gasteiger partial charge is 0.507 e. The highest BCUT2D eigenvalue weighted by molar-refractivity contribution is 6.46. The second-order valence-electron chi connectivity index (χ2n) is 10.1. The Kier molecular flexibility index (Phi) is 6.72. The first-order chi connectivity index (χ1) is 17.0. The van der Waals surface area contributed by atoms with Gasteiger partial charge in [0.25, 0.3) is 11.7 Å². The molecule has 3 aromatic carbocycles. The zero-order valence-electron chi connectivity index (χ0n) is 21.1. The Labute approximate surface area is 210 Å². The molecular weight excluding hydrogens is 457 g/mol. The van der Waals surface area contributed by atoms with E-state index in [9.17, 15) is 19.1 Å². The molecule has 4 rings (SSSR count). The number of carbonyl (C=O) groups is 2. The first kappa shape index (κ1) is 25.2. The predicted octanol–water partition coefficient (Wildman–Crippen LogP) is 6.06. The topological polar surface area (TPSA) is 66.8 Å². The van der Waals surface area contributed by atoms with Crippen molar-refractivity contribution < 1.29 is 23.8 Å². The molecule has 186 valence electrons. The van der Waals surface area contributed by atoms with Gasteiger partial charge in [-0.05, 0) is 53.3 Å². The third-order valence-corrected chi connectivity index (χ3v) is 6.51. The van der Waals surface area contributed by atoms with Crippen LogP contribution < -0.4 is 4.74 Å². The van der Waals surface area contributed by atoms with Gasteiger partial charge in [0, 0.05) is 6.54 Å². The van der Waals surface area contributed by atoms with Crippen molar-refractivity contribution in [2.24, 2.45) is 0 Å². The van der Waals surface area contributed by atoms with E-state index >= 15 is 0 Å². The Bertz CT molecular complexity index is 1330. The van der Waals surface area contributed by atoms with Gasteiger partial charge in [-0.2, -0.15) is 0 Å². The molecule has 1 saturated heterocycles. The molecular formula is C30H30FNO4. The fourth-order valence-corrected chi connectivity index (χ4v) is 4.49. The van der Waals surface area contributed by atoms with Gasteiger partial charge in [0.15, 0.2) is 0 Å². The number of ketones is 1. The number of carbonyl (C=O) groups excluding carboxylic acids is 2. The molecule has 1 amide bonds. The van der Waals surface area contributed by atoms with Crippen LogP contribution in [0.4, 0.5) is 4.39 Å². The smallest absolute Gasteiger partial charge is 0.295 e. The highest BCUT2D eigenvalue weighted by Gasteiger charge is 2.46. The van der Waals surface area contributed by atoms with Crippen molar-refractivity contribution in [3.8, 4) is 5.75 Å². The summed E-state index contributed by atoms with van der Waals surface area (Å²) in [6.07, 6.45) is 0. The zero-order valence-corrected chi connectivity index (χ0v) is 21.1. The number of benzene rings is 3. The molecule has 1 fully saturated rings. The Hall–Kier alpha value is -3.93. The van der Waals surface area contributed by atoms with E-state index in [1.54, 1.807) is 24.3 Å². The number of methoxy groups -OCH3 is 1. The molecule has 6 heteroatoms. The van der Waals surface area contributed by atoms with Gasteiger partial charge in [0.2, 0.25) is 0 Å². The minimum Gasteiger partial charge on any atom is -0.507 e. The average Bonchev–Trinajstić information content (AvgIpc) is 3.09. The molecule has 0 radical (unpaired) electrons. The fraction of sp³-hybridized carbons (Fsp3) is 0.267. The molecule has 0 aliphatic carbocycles. The number of hydrogen-bond donors (Lipinski definition) is 1. The molecule has 3 aromatic rings. The number of Topliss-reactive ketones (excluding diaryl/α,β-unsaturated/α-hetero) is 1. The summed E-state index contributed by atoms with van der Waals surface area (Å²) in [5.74, 6) is -1.79. The number of aliphatic hydroxyl groups is 1. The summed E-state index contributed by atoms with van der Waals surface area (Å²) in [5.41, 5.74) is 3.58. The van der Waals surface area contributed by atoms with E-state index < -0.39 is 17.7 Å². The van der Waals surface area contributed by atoms with Crippen LogP contribution in [0.3, 0.4) is 0 Å². The van der Waals surface area contributed by atoms with E-state index in [-0.39, 0.29) is 29.1 Å². The molecule has 1 N–H and O–H groups in total. The van der Waals surface area contributed by atoms with Crippen molar-refractivity contribution in [3.63, 3.8) is 0 Å². The van der Waals surface area contributed by atoms with Gasteiger partial charge in [-0.1, -0.05) is 68.8 Å². The molecule has 0 bridgehead atoms. The van der Waals surface area contributed by atoms with Crippen LogP contribution in [-0.4, -0.2) is 28.8 Å². The lowest BCUT2D eigenvalue weighted by Gasteiger charge is -2.27. The SMILES string of the molecule is COc1ccc(C)cc1/C(O)=C1\C(=O)C(=O)N(Cc2ccc(F)cc2)C1c1ccc(C(C)(C)C)cc1. The van der Waals surface area contributed by atoms with Crippen molar-refractivity contribution in [1.29, 1.82) is 0 Å². The van der Waals surface area contributed by atoms with Crippen LogP contribution in [0.1, 0.15) is 54.6 Å². The predicted molar refractivity (Wildman–Crippen MR) is 137 cm³/mol. The summed E-state index contributed by atoms with van der Waals surface area (Å²) in [6.45, 7) is 8.26. The summed E-state index contributed by atoms with van der Waals surface area (Å²) in [7, 11) is 1.48. The molecule has 1 heterocycles. The quantitative estimate of drug-likeness (QED) is 0.270. The number of ether oxygens (including phenoxy) is 1. The van der Waals surface area contributed by atoms with Gasteiger partial charge < -0.3 is 14.7 Å². The summed E-state index contributed by atoms with van der Waals surface area (Å²) >= 11 is 0. The Morgan fingerprint density at radius 2 is 1.64 bits per heavy atom. The monoisotopic (exact) mass is 487 g/mol. The molecule has 0 spiro atoms. The second-order valence-corrected chi connectivity index (χ2v) is 10.1. The van der Waals surface area contributed by atoms with Gasteiger partial charge in [-0.25, -0.2) is 4.39 Å². The minimum atomic E-state index is -0.825. The van der Waals surface area contributed by atoms with Crippen molar-refractivity contribution in [1.82, 2.24) is 4.90 Å². The standard InChI is InChI=1S/C30H30FNO4/c1-18-6-15-24(36-5)23(16-18)27(33)25-26(20-9-11-21(12-10-20)30(2,3)4)32(29(35)28(25)34)17-19-7-13-22(31)14-8-19/h6-16,26,33H,17H2,1-5H3/b27-25+. The van der Waals surface area contributed by atoms with Gasteiger partial charge in [0.05, 0.1) is 24.3 Å². The van der Waals surface area contributed by atoms with Crippen LogP contribution in [0.5, 0.6) is 5.75 Å². The third-order valence-electron chi connectivity index (χ3n) is 6.51. The van der Waals surface area contributed by atoms with Crippen molar-refractivity contribution in [2.75, 3.05) is 7.11 Å². The number of hydrogen-bond acceptors (Lipinski definition) is 4. The van der Waals surface area contributed by atoms with E-state index in [0.29, 0.717) is 22.4 Å². The summed E-state index contributed by atoms with van der Waals surface area (Å²) in [4.78, 5) is 28.1. The number of aliphatic hydroxyl groups excluding tert-OH is 1. The first-order valence-corrected chi connectivity index (χ1v) is 11.8. The molecule has 1 aliphatic heterocycles. The lowest BCUT2D eigenvalue weighted by Crippen LogP contribution is -2.29. The Balaban J connectivity index is 1.89. The van der Waals surface area contributed by atoms with Crippen LogP contribution in [0, 0.1) is 12.7 Å². The van der Waals surface area contributed by atoms with Crippen LogP contribution >= 0.6 is 0 Å². The average molecular weight is 488 g/mol. The highest BCUT2D eigenvalue weighted by atomic mass is 19.1. The maximum absolute atomic E-state index is 13.5. The summed E-state index contributed by atoms with van der Waals surface area (Å²) in [6, 6.07) is 18.0. The Morgan fingerprint density at radius 1 is 1.00 bits per heavy atom. The van der Waals surface area contributed by atoms with Crippen LogP contribution in [0.25, 0.3) is 5.76 Å². The number of likely N-dealkylation sites (tertiary alicyclic amines) is 1. The molecule has 0 saturated carbocycles.